The molecule has 1 amide bonds. The van der Waals surface area contributed by atoms with E-state index in [1.165, 1.54) is 13.1 Å². The highest BCUT2D eigenvalue weighted by molar-refractivity contribution is 6.38. The number of aromatic nitrogens is 2. The third-order valence-electron chi connectivity index (χ3n) is 4.09. The molecule has 0 aliphatic heterocycles. The second-order valence-corrected chi connectivity index (χ2v) is 8.53. The lowest BCUT2D eigenvalue weighted by Crippen LogP contribution is -2.24. The molecule has 1 aromatic carbocycles. The molecule has 0 fully saturated rings. The van der Waals surface area contributed by atoms with E-state index in [4.69, 9.17) is 38.4 Å². The fraction of sp³-hybridized carbons (Fsp3) is 0.421. The van der Waals surface area contributed by atoms with Gasteiger partial charge in [0.1, 0.15) is 5.02 Å². The van der Waals surface area contributed by atoms with Gasteiger partial charge in [-0.15, -0.1) is 5.10 Å². The minimum Gasteiger partial charge on any atom is -0.434 e. The van der Waals surface area contributed by atoms with Gasteiger partial charge in [0, 0.05) is 24.2 Å². The number of carbonyl (C=O) groups excluding carboxylic acids is 1. The molecule has 0 saturated carbocycles. The van der Waals surface area contributed by atoms with Gasteiger partial charge < -0.3 is 15.2 Å². The van der Waals surface area contributed by atoms with Crippen LogP contribution in [0.25, 0.3) is 0 Å². The lowest BCUT2D eigenvalue weighted by atomic mass is 9.86. The van der Waals surface area contributed by atoms with Crippen LogP contribution < -0.4 is 20.8 Å². The zero-order valence-corrected chi connectivity index (χ0v) is 18.4. The number of hydrogen-bond acceptors (Lipinski definition) is 5. The molecule has 2 aromatic rings. The second-order valence-electron chi connectivity index (χ2n) is 7.77. The summed E-state index contributed by atoms with van der Waals surface area (Å²) in [7, 11) is 1.47. The predicted molar refractivity (Wildman–Crippen MR) is 109 cm³/mol. The largest absolute Gasteiger partial charge is 0.434 e. The molecule has 1 heterocycles. The van der Waals surface area contributed by atoms with Gasteiger partial charge in [0.15, 0.2) is 17.3 Å². The van der Waals surface area contributed by atoms with Crippen molar-refractivity contribution in [1.82, 2.24) is 9.78 Å². The van der Waals surface area contributed by atoms with Crippen LogP contribution in [0.15, 0.2) is 10.9 Å². The monoisotopic (exact) mass is 445 g/mol. The molecule has 0 aliphatic carbocycles. The molecule has 0 radical (unpaired) electrons. The first-order valence-electron chi connectivity index (χ1n) is 8.70. The number of amides is 1. The Morgan fingerprint density at radius 3 is 2.31 bits per heavy atom. The van der Waals surface area contributed by atoms with Crippen molar-refractivity contribution in [2.45, 2.75) is 46.0 Å². The summed E-state index contributed by atoms with van der Waals surface area (Å²) in [6, 6.07) is 1.45. The Balaban J connectivity index is 2.74. The van der Waals surface area contributed by atoms with Crippen LogP contribution in [0.2, 0.25) is 10.0 Å². The first-order chi connectivity index (χ1) is 13.3. The number of aryl methyl sites for hydroxylation is 1. The molecule has 29 heavy (non-hydrogen) atoms. The highest BCUT2D eigenvalue weighted by Crippen LogP contribution is 2.49. The minimum atomic E-state index is -1.21. The van der Waals surface area contributed by atoms with E-state index in [0.29, 0.717) is 5.56 Å². The first kappa shape index (κ1) is 23.0. The molecule has 0 bridgehead atoms. The molecule has 0 spiro atoms. The summed E-state index contributed by atoms with van der Waals surface area (Å²) in [6.45, 7) is 8.89. The molecular weight excluding hydrogens is 424 g/mol. The van der Waals surface area contributed by atoms with Crippen LogP contribution in [0.5, 0.6) is 17.4 Å². The Bertz CT molecular complexity index is 1030. The molecule has 2 rings (SSSR count). The van der Waals surface area contributed by atoms with Crippen molar-refractivity contribution < 1.29 is 18.7 Å². The zero-order valence-electron chi connectivity index (χ0n) is 16.9. The molecule has 7 nitrogen and oxygen atoms in total. The summed E-state index contributed by atoms with van der Waals surface area (Å²) in [5.41, 5.74) is 4.61. The maximum atomic E-state index is 15.0. The number of benzene rings is 1. The average molecular weight is 446 g/mol. The predicted octanol–water partition coefficient (Wildman–Crippen LogP) is 4.90. The van der Waals surface area contributed by atoms with Crippen molar-refractivity contribution in [3.05, 3.63) is 43.4 Å². The van der Waals surface area contributed by atoms with Crippen molar-refractivity contribution in [3.8, 4) is 17.4 Å². The van der Waals surface area contributed by atoms with E-state index in [1.54, 1.807) is 20.8 Å². The summed E-state index contributed by atoms with van der Waals surface area (Å²) in [4.78, 5) is 23.5. The molecule has 158 valence electrons. The van der Waals surface area contributed by atoms with E-state index in [0.717, 1.165) is 4.68 Å². The zero-order chi connectivity index (χ0) is 22.3. The molecular formula is C19H22Cl2FN3O4. The molecule has 0 aliphatic rings. The van der Waals surface area contributed by atoms with Gasteiger partial charge in [0.05, 0.1) is 5.02 Å². The Morgan fingerprint density at radius 2 is 1.83 bits per heavy atom. The SMILES string of the molecule is CC(C)c1cc(Oc2c(Cl)c(F)c(OC(N)=O)c(C(C)(C)C)c2Cl)nn(C)c1=O. The van der Waals surface area contributed by atoms with Gasteiger partial charge >= 0.3 is 6.09 Å². The quantitative estimate of drug-likeness (QED) is 0.675. The number of carbonyl (C=O) groups is 1. The maximum absolute atomic E-state index is 15.0. The van der Waals surface area contributed by atoms with Crippen LogP contribution in [-0.2, 0) is 12.5 Å². The Hall–Kier alpha value is -2.32. The number of primary amides is 1. The van der Waals surface area contributed by atoms with Crippen molar-refractivity contribution in [1.29, 1.82) is 0 Å². The summed E-state index contributed by atoms with van der Waals surface area (Å²) in [6.07, 6.45) is -1.21. The van der Waals surface area contributed by atoms with Gasteiger partial charge in [-0.2, -0.15) is 0 Å². The number of rotatable bonds is 4. The number of ether oxygens (including phenoxy) is 2. The Morgan fingerprint density at radius 1 is 1.24 bits per heavy atom. The van der Waals surface area contributed by atoms with Crippen LogP contribution in [0.4, 0.5) is 9.18 Å². The van der Waals surface area contributed by atoms with Crippen molar-refractivity contribution in [2.75, 3.05) is 0 Å². The third-order valence-corrected chi connectivity index (χ3v) is 4.79. The van der Waals surface area contributed by atoms with Crippen molar-refractivity contribution in [3.63, 3.8) is 0 Å². The van der Waals surface area contributed by atoms with Crippen LogP contribution in [0, 0.1) is 5.82 Å². The molecule has 0 atom stereocenters. The minimum absolute atomic E-state index is 0.00225. The van der Waals surface area contributed by atoms with Gasteiger partial charge in [-0.3, -0.25) is 4.79 Å². The number of nitrogens with zero attached hydrogens (tertiary/aromatic N) is 2. The van der Waals surface area contributed by atoms with E-state index in [-0.39, 0.29) is 33.7 Å². The van der Waals surface area contributed by atoms with Crippen LogP contribution >= 0.6 is 23.2 Å². The van der Waals surface area contributed by atoms with E-state index in [2.05, 4.69) is 5.10 Å². The lowest BCUT2D eigenvalue weighted by molar-refractivity contribution is 0.207. The highest BCUT2D eigenvalue weighted by Gasteiger charge is 2.33. The highest BCUT2D eigenvalue weighted by atomic mass is 35.5. The number of nitrogens with two attached hydrogens (primary N) is 1. The second kappa shape index (κ2) is 8.20. The van der Waals surface area contributed by atoms with Gasteiger partial charge in [-0.05, 0) is 11.3 Å². The summed E-state index contributed by atoms with van der Waals surface area (Å²) >= 11 is 12.6. The Labute approximate surface area is 177 Å². The van der Waals surface area contributed by atoms with Gasteiger partial charge in [0.2, 0.25) is 5.88 Å². The standard InChI is InChI=1S/C19H22Cl2FN3O4/c1-8(2)9-7-10(24-25(6)17(9)26)28-16-12(20)11(19(3,4)5)15(29-18(23)27)14(22)13(16)21/h7-8H,1-6H3,(H2,23,27). The van der Waals surface area contributed by atoms with E-state index in [1.807, 2.05) is 13.8 Å². The molecule has 1 aromatic heterocycles. The van der Waals surface area contributed by atoms with Crippen LogP contribution in [0.3, 0.4) is 0 Å². The summed E-state index contributed by atoms with van der Waals surface area (Å²) < 4.78 is 26.6. The molecule has 0 saturated heterocycles. The topological polar surface area (TPSA) is 96.4 Å². The van der Waals surface area contributed by atoms with Crippen LogP contribution in [0.1, 0.15) is 51.7 Å². The van der Waals surface area contributed by atoms with E-state index >= 15 is 0 Å². The lowest BCUT2D eigenvalue weighted by Gasteiger charge is -2.26. The van der Waals surface area contributed by atoms with Crippen LogP contribution in [-0.4, -0.2) is 15.9 Å². The van der Waals surface area contributed by atoms with Gasteiger partial charge in [-0.1, -0.05) is 57.8 Å². The molecule has 10 heteroatoms. The Kier molecular flexibility index (Phi) is 6.49. The maximum Gasteiger partial charge on any atom is 0.410 e. The van der Waals surface area contributed by atoms with E-state index in [9.17, 15) is 14.0 Å². The van der Waals surface area contributed by atoms with Gasteiger partial charge in [-0.25, -0.2) is 13.9 Å². The molecule has 2 N–H and O–H groups in total. The average Bonchev–Trinajstić information content (AvgIpc) is 2.57. The van der Waals surface area contributed by atoms with Crippen molar-refractivity contribution >= 4 is 29.3 Å². The number of hydrogen-bond donors (Lipinski definition) is 1. The smallest absolute Gasteiger partial charge is 0.410 e. The fourth-order valence-corrected chi connectivity index (χ4v) is 3.52. The van der Waals surface area contributed by atoms with Crippen molar-refractivity contribution in [2.24, 2.45) is 12.8 Å². The summed E-state index contributed by atoms with van der Waals surface area (Å²) in [5.74, 6) is -1.83. The third kappa shape index (κ3) is 4.64. The number of halogens is 3. The normalized spacial score (nSPS) is 11.7. The van der Waals surface area contributed by atoms with E-state index < -0.39 is 28.1 Å². The molecule has 0 unspecified atom stereocenters. The summed E-state index contributed by atoms with van der Waals surface area (Å²) in [5, 5.41) is 3.44. The van der Waals surface area contributed by atoms with Gasteiger partial charge in [0.25, 0.3) is 5.56 Å². The fourth-order valence-electron chi connectivity index (χ4n) is 2.75. The first-order valence-corrected chi connectivity index (χ1v) is 9.45.